The molecule has 1 aliphatic heterocycles. The van der Waals surface area contributed by atoms with Crippen molar-refractivity contribution < 1.29 is 14.3 Å². The van der Waals surface area contributed by atoms with Crippen LogP contribution in [-0.4, -0.2) is 38.1 Å². The Morgan fingerprint density at radius 2 is 2.10 bits per heavy atom. The molecule has 2 N–H and O–H groups in total. The summed E-state index contributed by atoms with van der Waals surface area (Å²) in [6, 6.07) is -0.0742. The van der Waals surface area contributed by atoms with Crippen molar-refractivity contribution in [2.24, 2.45) is 11.8 Å². The third-order valence-electron chi connectivity index (χ3n) is 4.16. The van der Waals surface area contributed by atoms with Gasteiger partial charge in [-0.05, 0) is 38.0 Å². The Kier molecular flexibility index (Phi) is 6.06. The number of amides is 2. The van der Waals surface area contributed by atoms with E-state index in [0.29, 0.717) is 31.6 Å². The van der Waals surface area contributed by atoms with Crippen LogP contribution in [-0.2, 0) is 9.47 Å². The van der Waals surface area contributed by atoms with E-state index < -0.39 is 5.79 Å². The number of urea groups is 1. The largest absolute Gasteiger partial charge is 0.348 e. The zero-order valence-electron chi connectivity index (χ0n) is 13.2. The molecule has 2 atom stereocenters. The van der Waals surface area contributed by atoms with Crippen molar-refractivity contribution >= 4 is 6.03 Å². The van der Waals surface area contributed by atoms with Crippen LogP contribution in [0.4, 0.5) is 4.79 Å². The molecule has 0 aromatic carbocycles. The molecule has 0 saturated carbocycles. The van der Waals surface area contributed by atoms with Crippen molar-refractivity contribution in [3.63, 3.8) is 0 Å². The number of carbonyl (C=O) groups excluding carboxylic acids is 1. The van der Waals surface area contributed by atoms with Crippen LogP contribution in [0.3, 0.4) is 0 Å². The maximum atomic E-state index is 11.8. The summed E-state index contributed by atoms with van der Waals surface area (Å²) in [5, 5.41) is 5.90. The summed E-state index contributed by atoms with van der Waals surface area (Å²) >= 11 is 0. The van der Waals surface area contributed by atoms with Gasteiger partial charge in [0.05, 0.1) is 13.2 Å². The monoisotopic (exact) mass is 296 g/mol. The third kappa shape index (κ3) is 5.67. The van der Waals surface area contributed by atoms with Crippen molar-refractivity contribution in [2.75, 3.05) is 26.3 Å². The summed E-state index contributed by atoms with van der Waals surface area (Å²) in [4.78, 5) is 11.8. The number of hydrogen-bond acceptors (Lipinski definition) is 3. The van der Waals surface area contributed by atoms with E-state index in [1.165, 1.54) is 6.42 Å². The molecule has 2 amide bonds. The number of carbonyl (C=O) groups is 1. The van der Waals surface area contributed by atoms with Gasteiger partial charge in [0.25, 0.3) is 0 Å². The molecule has 2 rings (SSSR count). The lowest BCUT2D eigenvalue weighted by atomic mass is 9.94. The van der Waals surface area contributed by atoms with Crippen LogP contribution in [0.25, 0.3) is 0 Å². The molecule has 1 aliphatic carbocycles. The molecule has 5 heteroatoms. The van der Waals surface area contributed by atoms with Crippen LogP contribution in [0.2, 0.25) is 0 Å². The molecule has 1 fully saturated rings. The zero-order chi connectivity index (χ0) is 15.1. The summed E-state index contributed by atoms with van der Waals surface area (Å²) in [6.45, 7) is 6.78. The number of ether oxygens (including phenoxy) is 2. The molecule has 5 nitrogen and oxygen atoms in total. The average molecular weight is 296 g/mol. The van der Waals surface area contributed by atoms with Crippen molar-refractivity contribution in [3.8, 4) is 0 Å². The van der Waals surface area contributed by atoms with Crippen LogP contribution in [0.15, 0.2) is 12.2 Å². The highest BCUT2D eigenvalue weighted by Gasteiger charge is 2.32. The number of hydrogen-bond donors (Lipinski definition) is 2. The van der Waals surface area contributed by atoms with Gasteiger partial charge in [0, 0.05) is 19.5 Å². The van der Waals surface area contributed by atoms with E-state index in [9.17, 15) is 4.79 Å². The Morgan fingerprint density at radius 1 is 1.33 bits per heavy atom. The smallest absolute Gasteiger partial charge is 0.314 e. The van der Waals surface area contributed by atoms with Gasteiger partial charge in [-0.15, -0.1) is 0 Å². The maximum absolute atomic E-state index is 11.8. The lowest BCUT2D eigenvalue weighted by Crippen LogP contribution is -2.41. The first-order valence-electron chi connectivity index (χ1n) is 8.02. The Bertz CT molecular complexity index is 365. The van der Waals surface area contributed by atoms with E-state index in [-0.39, 0.29) is 6.03 Å². The first-order chi connectivity index (χ1) is 10.1. The van der Waals surface area contributed by atoms with Gasteiger partial charge in [-0.1, -0.05) is 19.1 Å². The minimum atomic E-state index is -0.480. The standard InChI is InChI=1S/C16H28N2O3/c1-13(10-16(2)20-8-9-21-16)11-17-15(19)18-12-14-6-4-3-5-7-14/h3-4,13-14H,5-12H2,1-2H3,(H2,17,18,19)/t13-,14+/m0/s1. The van der Waals surface area contributed by atoms with Crippen LogP contribution in [0.5, 0.6) is 0 Å². The zero-order valence-corrected chi connectivity index (χ0v) is 13.2. The molecule has 0 aromatic heterocycles. The first-order valence-corrected chi connectivity index (χ1v) is 8.02. The molecular formula is C16H28N2O3. The second kappa shape index (κ2) is 7.80. The number of rotatable bonds is 6. The molecule has 2 aliphatic rings. The summed E-state index contributed by atoms with van der Waals surface area (Å²) in [5.74, 6) is 0.417. The number of nitrogens with one attached hydrogen (secondary N) is 2. The fourth-order valence-electron chi connectivity index (χ4n) is 2.99. The topological polar surface area (TPSA) is 59.6 Å². The van der Waals surface area contributed by atoms with Gasteiger partial charge in [0.15, 0.2) is 5.79 Å². The van der Waals surface area contributed by atoms with Gasteiger partial charge in [-0.25, -0.2) is 4.79 Å². The van der Waals surface area contributed by atoms with Gasteiger partial charge < -0.3 is 20.1 Å². The van der Waals surface area contributed by atoms with E-state index in [4.69, 9.17) is 9.47 Å². The van der Waals surface area contributed by atoms with Crippen molar-refractivity contribution in [3.05, 3.63) is 12.2 Å². The molecule has 1 saturated heterocycles. The van der Waals surface area contributed by atoms with Gasteiger partial charge in [-0.2, -0.15) is 0 Å². The second-order valence-electron chi connectivity index (χ2n) is 6.38. The minimum absolute atomic E-state index is 0.0742. The normalized spacial score (nSPS) is 25.5. The molecule has 120 valence electrons. The fraction of sp³-hybridized carbons (Fsp3) is 0.812. The van der Waals surface area contributed by atoms with E-state index in [1.54, 1.807) is 0 Å². The number of allylic oxidation sites excluding steroid dienone is 2. The molecular weight excluding hydrogens is 268 g/mol. The van der Waals surface area contributed by atoms with Gasteiger partial charge in [-0.3, -0.25) is 0 Å². The van der Waals surface area contributed by atoms with Gasteiger partial charge in [0.1, 0.15) is 0 Å². The van der Waals surface area contributed by atoms with Crippen molar-refractivity contribution in [1.82, 2.24) is 10.6 Å². The van der Waals surface area contributed by atoms with E-state index >= 15 is 0 Å². The molecule has 0 unspecified atom stereocenters. The summed E-state index contributed by atoms with van der Waals surface area (Å²) in [7, 11) is 0. The maximum Gasteiger partial charge on any atom is 0.314 e. The van der Waals surface area contributed by atoms with Crippen LogP contribution in [0, 0.1) is 11.8 Å². The lowest BCUT2D eigenvalue weighted by Gasteiger charge is -2.26. The van der Waals surface area contributed by atoms with E-state index in [0.717, 1.165) is 25.8 Å². The Labute approximate surface area is 127 Å². The molecule has 0 aromatic rings. The summed E-state index contributed by atoms with van der Waals surface area (Å²) in [6.07, 6.45) is 8.58. The third-order valence-corrected chi connectivity index (χ3v) is 4.16. The molecule has 0 bridgehead atoms. The SMILES string of the molecule is C[C@H](CNC(=O)NC[C@@H]1CC=CCC1)CC1(C)OCCO1. The minimum Gasteiger partial charge on any atom is -0.348 e. The highest BCUT2D eigenvalue weighted by Crippen LogP contribution is 2.26. The molecule has 0 radical (unpaired) electrons. The fourth-order valence-corrected chi connectivity index (χ4v) is 2.99. The molecule has 21 heavy (non-hydrogen) atoms. The average Bonchev–Trinajstić information content (AvgIpc) is 2.90. The van der Waals surface area contributed by atoms with Gasteiger partial charge in [0.2, 0.25) is 0 Å². The molecule has 0 spiro atoms. The predicted octanol–water partition coefficient (Wildman–Crippen LogP) is 2.43. The predicted molar refractivity (Wildman–Crippen MR) is 82.0 cm³/mol. The summed E-state index contributed by atoms with van der Waals surface area (Å²) in [5.41, 5.74) is 0. The quantitative estimate of drug-likeness (QED) is 0.740. The highest BCUT2D eigenvalue weighted by atomic mass is 16.7. The Hall–Kier alpha value is -1.07. The van der Waals surface area contributed by atoms with Crippen LogP contribution in [0.1, 0.15) is 39.5 Å². The molecule has 1 heterocycles. The van der Waals surface area contributed by atoms with Crippen LogP contribution < -0.4 is 10.6 Å². The lowest BCUT2D eigenvalue weighted by molar-refractivity contribution is -0.153. The van der Waals surface area contributed by atoms with Crippen molar-refractivity contribution in [2.45, 2.75) is 45.3 Å². The Balaban J connectivity index is 1.58. The Morgan fingerprint density at radius 3 is 2.76 bits per heavy atom. The van der Waals surface area contributed by atoms with Crippen LogP contribution >= 0.6 is 0 Å². The first kappa shape index (κ1) is 16.3. The highest BCUT2D eigenvalue weighted by molar-refractivity contribution is 5.73. The van der Waals surface area contributed by atoms with E-state index in [2.05, 4.69) is 29.7 Å². The van der Waals surface area contributed by atoms with Crippen molar-refractivity contribution in [1.29, 1.82) is 0 Å². The second-order valence-corrected chi connectivity index (χ2v) is 6.38. The van der Waals surface area contributed by atoms with Gasteiger partial charge >= 0.3 is 6.03 Å². The summed E-state index contributed by atoms with van der Waals surface area (Å²) < 4.78 is 11.2. The van der Waals surface area contributed by atoms with E-state index in [1.807, 2.05) is 6.92 Å².